The molecule has 2 rings (SSSR count). The number of aryl methyl sites for hydroxylation is 4. The molecule has 0 bridgehead atoms. The van der Waals surface area contributed by atoms with Gasteiger partial charge in [0.05, 0.1) is 0 Å². The first-order valence-corrected chi connectivity index (χ1v) is 10.2. The molecule has 0 atom stereocenters. The molecule has 0 aliphatic rings. The van der Waals surface area contributed by atoms with Crippen molar-refractivity contribution < 1.29 is 0 Å². The number of hydrogen-bond donors (Lipinski definition) is 0. The topological polar surface area (TPSA) is 0 Å². The number of rotatable bonds is 10. The van der Waals surface area contributed by atoms with Crippen LogP contribution >= 0.6 is 0 Å². The molecule has 0 heterocycles. The molecule has 0 amide bonds. The van der Waals surface area contributed by atoms with Gasteiger partial charge < -0.3 is 0 Å². The lowest BCUT2D eigenvalue weighted by atomic mass is 9.97. The summed E-state index contributed by atoms with van der Waals surface area (Å²) in [7, 11) is 0. The molecule has 0 unspecified atom stereocenters. The summed E-state index contributed by atoms with van der Waals surface area (Å²) in [6.45, 7) is 8.97. The van der Waals surface area contributed by atoms with Gasteiger partial charge in [0, 0.05) is 0 Å². The predicted octanol–water partition coefficient (Wildman–Crippen LogP) is 7.44. The molecule has 0 heteroatoms. The van der Waals surface area contributed by atoms with Crippen LogP contribution in [0, 0.1) is 27.7 Å². The molecule has 0 aliphatic carbocycles. The van der Waals surface area contributed by atoms with E-state index in [1.54, 1.807) is 11.1 Å². The van der Waals surface area contributed by atoms with E-state index in [0.29, 0.717) is 0 Å². The average molecular weight is 337 g/mol. The molecule has 0 aromatic heterocycles. The maximum absolute atomic E-state index is 2.30. The van der Waals surface area contributed by atoms with Crippen molar-refractivity contribution in [1.82, 2.24) is 0 Å². The number of hydrogen-bond acceptors (Lipinski definition) is 0. The van der Waals surface area contributed by atoms with Crippen molar-refractivity contribution in [3.8, 4) is 0 Å². The number of benzene rings is 2. The summed E-state index contributed by atoms with van der Waals surface area (Å²) in [5, 5.41) is 0. The Morgan fingerprint density at radius 2 is 0.840 bits per heavy atom. The van der Waals surface area contributed by atoms with Crippen LogP contribution in [0.4, 0.5) is 0 Å². The first kappa shape index (κ1) is 19.8. The molecule has 0 fully saturated rings. The Morgan fingerprint density at radius 1 is 0.480 bits per heavy atom. The van der Waals surface area contributed by atoms with Gasteiger partial charge in [0.1, 0.15) is 0 Å². The zero-order chi connectivity index (χ0) is 18.1. The number of unbranched alkanes of at least 4 members (excludes halogenated alkanes) is 6. The molecule has 0 spiro atoms. The first-order chi connectivity index (χ1) is 12.1. The van der Waals surface area contributed by atoms with Crippen LogP contribution in [0.3, 0.4) is 0 Å². The predicted molar refractivity (Wildman–Crippen MR) is 112 cm³/mol. The van der Waals surface area contributed by atoms with E-state index in [1.807, 2.05) is 0 Å². The summed E-state index contributed by atoms with van der Waals surface area (Å²) < 4.78 is 0. The second kappa shape index (κ2) is 10.4. The van der Waals surface area contributed by atoms with E-state index < -0.39 is 0 Å². The molecular formula is C25H36. The largest absolute Gasteiger partial charge is 0.0617 e. The summed E-state index contributed by atoms with van der Waals surface area (Å²) in [6.07, 6.45) is 12.1. The van der Waals surface area contributed by atoms with Gasteiger partial charge >= 0.3 is 0 Å². The normalized spacial score (nSPS) is 11.0. The van der Waals surface area contributed by atoms with Crippen LogP contribution in [0.15, 0.2) is 36.4 Å². The summed E-state index contributed by atoms with van der Waals surface area (Å²) in [5.74, 6) is 0. The zero-order valence-corrected chi connectivity index (χ0v) is 16.8. The van der Waals surface area contributed by atoms with Crippen LogP contribution in [0.5, 0.6) is 0 Å². The Labute approximate surface area is 155 Å². The van der Waals surface area contributed by atoms with Crippen LogP contribution in [-0.4, -0.2) is 0 Å². The summed E-state index contributed by atoms with van der Waals surface area (Å²) in [5.41, 5.74) is 8.95. The van der Waals surface area contributed by atoms with Crippen molar-refractivity contribution in [2.75, 3.05) is 0 Å². The van der Waals surface area contributed by atoms with Crippen molar-refractivity contribution >= 4 is 0 Å². The maximum atomic E-state index is 2.30. The fourth-order valence-electron chi connectivity index (χ4n) is 3.68. The Morgan fingerprint density at radius 3 is 1.24 bits per heavy atom. The fraction of sp³-hybridized carbons (Fsp3) is 0.520. The lowest BCUT2D eigenvalue weighted by Gasteiger charge is -2.09. The summed E-state index contributed by atoms with van der Waals surface area (Å²) in [6, 6.07) is 13.4. The molecule has 0 saturated carbocycles. The lowest BCUT2D eigenvalue weighted by Crippen LogP contribution is -1.93. The highest BCUT2D eigenvalue weighted by atomic mass is 14.1. The van der Waals surface area contributed by atoms with Crippen molar-refractivity contribution in [3.63, 3.8) is 0 Å². The molecule has 2 aromatic carbocycles. The second-order valence-electron chi connectivity index (χ2n) is 7.69. The van der Waals surface area contributed by atoms with E-state index in [-0.39, 0.29) is 0 Å². The summed E-state index contributed by atoms with van der Waals surface area (Å²) >= 11 is 0. The minimum atomic E-state index is 1.25. The molecule has 0 aliphatic heterocycles. The van der Waals surface area contributed by atoms with Crippen LogP contribution in [0.1, 0.15) is 78.3 Å². The molecule has 25 heavy (non-hydrogen) atoms. The van der Waals surface area contributed by atoms with Crippen molar-refractivity contribution in [2.45, 2.75) is 85.5 Å². The Hall–Kier alpha value is -1.56. The van der Waals surface area contributed by atoms with Gasteiger partial charge in [-0.2, -0.15) is 0 Å². The van der Waals surface area contributed by atoms with Gasteiger partial charge in [-0.05, 0) is 86.8 Å². The van der Waals surface area contributed by atoms with Gasteiger partial charge in [0.25, 0.3) is 0 Å². The van der Waals surface area contributed by atoms with Crippen LogP contribution in [0.2, 0.25) is 0 Å². The molecule has 0 saturated heterocycles. The van der Waals surface area contributed by atoms with Gasteiger partial charge in [0.15, 0.2) is 0 Å². The molecular weight excluding hydrogens is 300 g/mol. The minimum Gasteiger partial charge on any atom is -0.0617 e. The van der Waals surface area contributed by atoms with E-state index in [9.17, 15) is 0 Å². The smallest absolute Gasteiger partial charge is 0.0276 e. The lowest BCUT2D eigenvalue weighted by molar-refractivity contribution is 0.578. The third kappa shape index (κ3) is 6.34. The van der Waals surface area contributed by atoms with E-state index in [0.717, 1.165) is 0 Å². The van der Waals surface area contributed by atoms with Gasteiger partial charge in [-0.3, -0.25) is 0 Å². The highest BCUT2D eigenvalue weighted by Crippen LogP contribution is 2.18. The van der Waals surface area contributed by atoms with Gasteiger partial charge in [-0.25, -0.2) is 0 Å². The molecule has 136 valence electrons. The monoisotopic (exact) mass is 336 g/mol. The Bertz CT molecular complexity index is 594. The molecule has 0 N–H and O–H groups in total. The van der Waals surface area contributed by atoms with Crippen LogP contribution in [0.25, 0.3) is 0 Å². The quantitative estimate of drug-likeness (QED) is 0.395. The molecule has 0 nitrogen and oxygen atoms in total. The van der Waals surface area contributed by atoms with Crippen LogP contribution < -0.4 is 0 Å². The van der Waals surface area contributed by atoms with E-state index in [2.05, 4.69) is 64.1 Å². The third-order valence-electron chi connectivity index (χ3n) is 5.83. The van der Waals surface area contributed by atoms with Crippen LogP contribution in [-0.2, 0) is 12.8 Å². The zero-order valence-electron chi connectivity index (χ0n) is 16.8. The fourth-order valence-corrected chi connectivity index (χ4v) is 3.68. The summed E-state index contributed by atoms with van der Waals surface area (Å²) in [4.78, 5) is 0. The Balaban J connectivity index is 1.52. The molecule has 2 aromatic rings. The van der Waals surface area contributed by atoms with Crippen molar-refractivity contribution in [2.24, 2.45) is 0 Å². The van der Waals surface area contributed by atoms with Crippen molar-refractivity contribution in [1.29, 1.82) is 0 Å². The van der Waals surface area contributed by atoms with Crippen molar-refractivity contribution in [3.05, 3.63) is 69.8 Å². The highest BCUT2D eigenvalue weighted by molar-refractivity contribution is 5.33. The SMILES string of the molecule is Cc1cccc(CCCCCCCCCc2cccc(C)c2C)c1C. The van der Waals surface area contributed by atoms with Gasteiger partial charge in [-0.15, -0.1) is 0 Å². The average Bonchev–Trinajstić information content (AvgIpc) is 2.60. The minimum absolute atomic E-state index is 1.25. The standard InChI is InChI=1S/C25H36/c1-20-14-12-18-24(22(20)3)16-10-8-6-5-7-9-11-17-25-19-13-15-21(2)23(25)4/h12-15,18-19H,5-11,16-17H2,1-4H3. The van der Waals surface area contributed by atoms with Gasteiger partial charge in [-0.1, -0.05) is 68.5 Å². The Kier molecular flexibility index (Phi) is 8.25. The van der Waals surface area contributed by atoms with E-state index >= 15 is 0 Å². The third-order valence-corrected chi connectivity index (χ3v) is 5.83. The first-order valence-electron chi connectivity index (χ1n) is 10.2. The van der Waals surface area contributed by atoms with E-state index in [4.69, 9.17) is 0 Å². The molecule has 0 radical (unpaired) electrons. The van der Waals surface area contributed by atoms with Gasteiger partial charge in [0.2, 0.25) is 0 Å². The second-order valence-corrected chi connectivity index (χ2v) is 7.69. The van der Waals surface area contributed by atoms with E-state index in [1.165, 1.54) is 80.0 Å². The highest BCUT2D eigenvalue weighted by Gasteiger charge is 2.02. The maximum Gasteiger partial charge on any atom is -0.0276 e.